The number of hydrogen-bond acceptors (Lipinski definition) is 4. The number of morpholine rings is 1. The first kappa shape index (κ1) is 13.1. The standard InChI is InChI=1S/C12H15ClN2O3/c13-10-3-1-2-9(11(10)14)12(17)15-4-5-18-8(6-15)7-16/h1-3,8,16H,4-7,14H2. The molecule has 0 aromatic heterocycles. The number of amides is 1. The molecule has 0 spiro atoms. The highest BCUT2D eigenvalue weighted by Crippen LogP contribution is 2.24. The molecular weight excluding hydrogens is 256 g/mol. The molecule has 1 saturated heterocycles. The van der Waals surface area contributed by atoms with Crippen LogP contribution in [-0.2, 0) is 4.74 Å². The van der Waals surface area contributed by atoms with Crippen molar-refractivity contribution in [2.75, 3.05) is 32.0 Å². The van der Waals surface area contributed by atoms with Gasteiger partial charge >= 0.3 is 0 Å². The second-order valence-electron chi connectivity index (χ2n) is 4.13. The maximum Gasteiger partial charge on any atom is 0.256 e. The summed E-state index contributed by atoms with van der Waals surface area (Å²) in [6.45, 7) is 1.16. The van der Waals surface area contributed by atoms with Crippen LogP contribution in [0.3, 0.4) is 0 Å². The lowest BCUT2D eigenvalue weighted by atomic mass is 10.1. The van der Waals surface area contributed by atoms with E-state index in [2.05, 4.69) is 0 Å². The van der Waals surface area contributed by atoms with Gasteiger partial charge in [0.1, 0.15) is 0 Å². The summed E-state index contributed by atoms with van der Waals surface area (Å²) in [7, 11) is 0. The first-order chi connectivity index (χ1) is 8.63. The third kappa shape index (κ3) is 2.58. The number of aliphatic hydroxyl groups is 1. The van der Waals surface area contributed by atoms with E-state index < -0.39 is 0 Å². The number of benzene rings is 1. The topological polar surface area (TPSA) is 75.8 Å². The van der Waals surface area contributed by atoms with E-state index >= 15 is 0 Å². The molecule has 5 nitrogen and oxygen atoms in total. The SMILES string of the molecule is Nc1c(Cl)cccc1C(=O)N1CCOC(CO)C1. The molecule has 0 aliphatic carbocycles. The van der Waals surface area contributed by atoms with E-state index in [1.54, 1.807) is 23.1 Å². The molecule has 1 aliphatic rings. The van der Waals surface area contributed by atoms with E-state index in [-0.39, 0.29) is 24.3 Å². The van der Waals surface area contributed by atoms with Gasteiger partial charge in [0.05, 0.1) is 35.6 Å². The van der Waals surface area contributed by atoms with Crippen molar-refractivity contribution in [3.63, 3.8) is 0 Å². The lowest BCUT2D eigenvalue weighted by Gasteiger charge is -2.32. The number of aliphatic hydroxyl groups excluding tert-OH is 1. The molecule has 0 saturated carbocycles. The summed E-state index contributed by atoms with van der Waals surface area (Å²) >= 11 is 5.89. The monoisotopic (exact) mass is 270 g/mol. The highest BCUT2D eigenvalue weighted by Gasteiger charge is 2.25. The smallest absolute Gasteiger partial charge is 0.256 e. The van der Waals surface area contributed by atoms with Gasteiger partial charge in [-0.05, 0) is 12.1 Å². The molecular formula is C12H15ClN2O3. The van der Waals surface area contributed by atoms with Crippen LogP contribution in [0.1, 0.15) is 10.4 Å². The summed E-state index contributed by atoms with van der Waals surface area (Å²) in [5.74, 6) is -0.184. The van der Waals surface area contributed by atoms with Crippen LogP contribution >= 0.6 is 11.6 Å². The van der Waals surface area contributed by atoms with Crippen LogP contribution in [0.4, 0.5) is 5.69 Å². The van der Waals surface area contributed by atoms with Crippen LogP contribution in [0.15, 0.2) is 18.2 Å². The van der Waals surface area contributed by atoms with E-state index in [0.29, 0.717) is 30.3 Å². The molecule has 1 aliphatic heterocycles. The van der Waals surface area contributed by atoms with E-state index in [1.165, 1.54) is 0 Å². The molecule has 1 aromatic carbocycles. The predicted molar refractivity (Wildman–Crippen MR) is 68.6 cm³/mol. The largest absolute Gasteiger partial charge is 0.397 e. The lowest BCUT2D eigenvalue weighted by Crippen LogP contribution is -2.47. The molecule has 1 fully saturated rings. The van der Waals surface area contributed by atoms with Crippen molar-refractivity contribution >= 4 is 23.2 Å². The lowest BCUT2D eigenvalue weighted by molar-refractivity contribution is -0.0447. The number of carbonyl (C=O) groups is 1. The Hall–Kier alpha value is -1.30. The van der Waals surface area contributed by atoms with Crippen LogP contribution < -0.4 is 5.73 Å². The molecule has 0 radical (unpaired) electrons. The summed E-state index contributed by atoms with van der Waals surface area (Å²) in [6, 6.07) is 4.98. The van der Waals surface area contributed by atoms with Crippen molar-refractivity contribution in [2.24, 2.45) is 0 Å². The number of ether oxygens (including phenoxy) is 1. The number of nitrogen functional groups attached to an aromatic ring is 1. The zero-order chi connectivity index (χ0) is 13.1. The first-order valence-electron chi connectivity index (χ1n) is 5.69. The number of carbonyl (C=O) groups excluding carboxylic acids is 1. The second-order valence-corrected chi connectivity index (χ2v) is 4.53. The number of rotatable bonds is 2. The summed E-state index contributed by atoms with van der Waals surface area (Å²) in [6.07, 6.45) is -0.330. The third-order valence-electron chi connectivity index (χ3n) is 2.91. The summed E-state index contributed by atoms with van der Waals surface area (Å²) in [4.78, 5) is 13.9. The van der Waals surface area contributed by atoms with Gasteiger partial charge in [-0.15, -0.1) is 0 Å². The molecule has 1 heterocycles. The number of halogens is 1. The molecule has 3 N–H and O–H groups in total. The summed E-state index contributed by atoms with van der Waals surface area (Å²) < 4.78 is 5.30. The number of nitrogens with two attached hydrogens (primary N) is 1. The van der Waals surface area contributed by atoms with Crippen LogP contribution in [-0.4, -0.2) is 48.3 Å². The van der Waals surface area contributed by atoms with Gasteiger partial charge < -0.3 is 20.5 Å². The Kier molecular flexibility index (Phi) is 4.06. The molecule has 1 aromatic rings. The van der Waals surface area contributed by atoms with Crippen molar-refractivity contribution in [3.8, 4) is 0 Å². The van der Waals surface area contributed by atoms with Crippen molar-refractivity contribution in [1.29, 1.82) is 0 Å². The van der Waals surface area contributed by atoms with Crippen molar-refractivity contribution in [3.05, 3.63) is 28.8 Å². The van der Waals surface area contributed by atoms with Gasteiger partial charge in [-0.2, -0.15) is 0 Å². The van der Waals surface area contributed by atoms with E-state index in [4.69, 9.17) is 27.2 Å². The van der Waals surface area contributed by atoms with E-state index in [9.17, 15) is 4.79 Å². The minimum Gasteiger partial charge on any atom is -0.397 e. The quantitative estimate of drug-likeness (QED) is 0.778. The molecule has 18 heavy (non-hydrogen) atoms. The predicted octanol–water partition coefficient (Wildman–Crippen LogP) is 0.756. The number of anilines is 1. The Bertz CT molecular complexity index is 453. The highest BCUT2D eigenvalue weighted by molar-refractivity contribution is 6.33. The Labute approximate surface area is 110 Å². The van der Waals surface area contributed by atoms with Crippen molar-refractivity contribution < 1.29 is 14.6 Å². The van der Waals surface area contributed by atoms with E-state index in [0.717, 1.165) is 0 Å². The minimum absolute atomic E-state index is 0.102. The summed E-state index contributed by atoms with van der Waals surface area (Å²) in [5, 5.41) is 9.42. The van der Waals surface area contributed by atoms with Crippen LogP contribution in [0.25, 0.3) is 0 Å². The molecule has 6 heteroatoms. The maximum atomic E-state index is 12.3. The molecule has 1 unspecified atom stereocenters. The van der Waals surface area contributed by atoms with Gasteiger partial charge in [0, 0.05) is 13.1 Å². The first-order valence-corrected chi connectivity index (χ1v) is 6.07. The van der Waals surface area contributed by atoms with Gasteiger partial charge in [-0.1, -0.05) is 17.7 Å². The van der Waals surface area contributed by atoms with E-state index in [1.807, 2.05) is 0 Å². The normalized spacial score (nSPS) is 19.9. The Balaban J connectivity index is 2.18. The Morgan fingerprint density at radius 2 is 2.39 bits per heavy atom. The fourth-order valence-corrected chi connectivity index (χ4v) is 2.08. The maximum absolute atomic E-state index is 12.3. The number of hydrogen-bond donors (Lipinski definition) is 2. The van der Waals surface area contributed by atoms with Crippen molar-refractivity contribution in [1.82, 2.24) is 4.90 Å². The number of nitrogens with zero attached hydrogens (tertiary/aromatic N) is 1. The molecule has 98 valence electrons. The third-order valence-corrected chi connectivity index (χ3v) is 3.24. The average Bonchev–Trinajstić information content (AvgIpc) is 2.41. The van der Waals surface area contributed by atoms with Gasteiger partial charge in [0.15, 0.2) is 0 Å². The minimum atomic E-state index is -0.330. The zero-order valence-electron chi connectivity index (χ0n) is 9.80. The van der Waals surface area contributed by atoms with Crippen LogP contribution in [0.2, 0.25) is 5.02 Å². The van der Waals surface area contributed by atoms with Crippen molar-refractivity contribution in [2.45, 2.75) is 6.10 Å². The van der Waals surface area contributed by atoms with Gasteiger partial charge in [0.2, 0.25) is 0 Å². The molecule has 2 rings (SSSR count). The van der Waals surface area contributed by atoms with Crippen LogP contribution in [0, 0.1) is 0 Å². The van der Waals surface area contributed by atoms with Gasteiger partial charge in [-0.3, -0.25) is 4.79 Å². The zero-order valence-corrected chi connectivity index (χ0v) is 10.6. The Morgan fingerprint density at radius 1 is 1.61 bits per heavy atom. The average molecular weight is 271 g/mol. The second kappa shape index (κ2) is 5.56. The molecule has 0 bridgehead atoms. The fraction of sp³-hybridized carbons (Fsp3) is 0.417. The molecule has 1 amide bonds. The highest BCUT2D eigenvalue weighted by atomic mass is 35.5. The molecule has 1 atom stereocenters. The van der Waals surface area contributed by atoms with Gasteiger partial charge in [0.25, 0.3) is 5.91 Å². The fourth-order valence-electron chi connectivity index (χ4n) is 1.91. The Morgan fingerprint density at radius 3 is 3.11 bits per heavy atom. The number of para-hydroxylation sites is 1. The van der Waals surface area contributed by atoms with Crippen LogP contribution in [0.5, 0.6) is 0 Å². The van der Waals surface area contributed by atoms with Gasteiger partial charge in [-0.25, -0.2) is 0 Å². The summed E-state index contributed by atoms with van der Waals surface area (Å²) in [5.41, 5.74) is 6.48.